The van der Waals surface area contributed by atoms with Gasteiger partial charge >= 0.3 is 12.1 Å². The Morgan fingerprint density at radius 2 is 1.00 bits per heavy atom. The van der Waals surface area contributed by atoms with Gasteiger partial charge in [0.05, 0.1) is 0 Å². The van der Waals surface area contributed by atoms with Gasteiger partial charge in [-0.2, -0.15) is 0 Å². The molecule has 0 aromatic rings. The van der Waals surface area contributed by atoms with Gasteiger partial charge in [0.25, 0.3) is 0 Å². The monoisotopic (exact) mass is 387 g/mol. The van der Waals surface area contributed by atoms with E-state index in [4.69, 9.17) is 9.47 Å². The average Bonchev–Trinajstić information content (AvgIpc) is 2.42. The van der Waals surface area contributed by atoms with Crippen LogP contribution >= 0.6 is 0 Å². The normalized spacial score (nSPS) is 15.0. The molecule has 9 nitrogen and oxygen atoms in total. The Balaban J connectivity index is 4.55. The van der Waals surface area contributed by atoms with Crippen LogP contribution in [0.4, 0.5) is 4.79 Å². The highest BCUT2D eigenvalue weighted by molar-refractivity contribution is 5.92. The first-order chi connectivity index (χ1) is 12.0. The first-order valence-electron chi connectivity index (χ1n) is 8.85. The molecule has 3 N–H and O–H groups in total. The Hall–Kier alpha value is -2.32. The lowest BCUT2D eigenvalue weighted by Crippen LogP contribution is -2.54. The highest BCUT2D eigenvalue weighted by Gasteiger charge is 2.27. The van der Waals surface area contributed by atoms with E-state index in [1.807, 2.05) is 0 Å². The first kappa shape index (κ1) is 24.7. The molecule has 0 aromatic heterocycles. The van der Waals surface area contributed by atoms with Crippen molar-refractivity contribution in [3.8, 4) is 0 Å². The summed E-state index contributed by atoms with van der Waals surface area (Å²) in [4.78, 5) is 47.8. The molecule has 0 rings (SSSR count). The maximum atomic E-state index is 12.1. The van der Waals surface area contributed by atoms with Gasteiger partial charge < -0.3 is 25.4 Å². The van der Waals surface area contributed by atoms with Crippen LogP contribution in [0.5, 0.6) is 0 Å². The molecule has 0 saturated carbocycles. The third-order valence-electron chi connectivity index (χ3n) is 3.00. The van der Waals surface area contributed by atoms with Crippen LogP contribution in [0.1, 0.15) is 62.3 Å². The molecule has 156 valence electrons. The number of amides is 3. The van der Waals surface area contributed by atoms with E-state index in [0.717, 1.165) is 0 Å². The van der Waals surface area contributed by atoms with Gasteiger partial charge in [-0.05, 0) is 62.3 Å². The van der Waals surface area contributed by atoms with Gasteiger partial charge in [0.15, 0.2) is 0 Å². The maximum absolute atomic E-state index is 12.1. The zero-order valence-electron chi connectivity index (χ0n) is 17.7. The van der Waals surface area contributed by atoms with Crippen LogP contribution in [-0.2, 0) is 23.9 Å². The quantitative estimate of drug-likeness (QED) is 0.590. The van der Waals surface area contributed by atoms with Crippen molar-refractivity contribution < 1.29 is 28.7 Å². The van der Waals surface area contributed by atoms with Crippen molar-refractivity contribution in [2.24, 2.45) is 0 Å². The van der Waals surface area contributed by atoms with Crippen molar-refractivity contribution >= 4 is 23.9 Å². The average molecular weight is 387 g/mol. The fraction of sp³-hybridized carbons (Fsp3) is 0.778. The van der Waals surface area contributed by atoms with Crippen molar-refractivity contribution in [2.45, 2.75) is 91.6 Å². The van der Waals surface area contributed by atoms with Gasteiger partial charge in [0, 0.05) is 0 Å². The van der Waals surface area contributed by atoms with E-state index in [-0.39, 0.29) is 0 Å². The Labute approximate surface area is 160 Å². The lowest BCUT2D eigenvalue weighted by molar-refractivity contribution is -0.158. The van der Waals surface area contributed by atoms with Crippen LogP contribution in [0.3, 0.4) is 0 Å². The summed E-state index contributed by atoms with van der Waals surface area (Å²) < 4.78 is 10.2. The smallest absolute Gasteiger partial charge is 0.408 e. The molecule has 9 heteroatoms. The predicted molar refractivity (Wildman–Crippen MR) is 99.9 cm³/mol. The molecule has 0 fully saturated rings. The number of hydrogen-bond donors (Lipinski definition) is 3. The maximum Gasteiger partial charge on any atom is 0.408 e. The number of carbonyl (C=O) groups excluding carboxylic acids is 4. The minimum atomic E-state index is -0.912. The van der Waals surface area contributed by atoms with Gasteiger partial charge in [0.1, 0.15) is 29.3 Å². The molecule has 0 heterocycles. The minimum Gasteiger partial charge on any atom is -0.458 e. The summed E-state index contributed by atoms with van der Waals surface area (Å²) in [5.74, 6) is -1.69. The fourth-order valence-corrected chi connectivity index (χ4v) is 1.74. The van der Waals surface area contributed by atoms with E-state index in [1.165, 1.54) is 20.8 Å². The summed E-state index contributed by atoms with van der Waals surface area (Å²) in [6.07, 6.45) is -0.735. The number of esters is 1. The first-order valence-corrected chi connectivity index (χ1v) is 8.85. The molecule has 0 aliphatic carbocycles. The van der Waals surface area contributed by atoms with E-state index >= 15 is 0 Å². The Morgan fingerprint density at radius 1 is 0.630 bits per heavy atom. The molecular weight excluding hydrogens is 354 g/mol. The van der Waals surface area contributed by atoms with Crippen LogP contribution < -0.4 is 16.0 Å². The van der Waals surface area contributed by atoms with Crippen molar-refractivity contribution in [2.75, 3.05) is 0 Å². The Morgan fingerprint density at radius 3 is 1.41 bits per heavy atom. The summed E-state index contributed by atoms with van der Waals surface area (Å²) in [5, 5.41) is 7.33. The molecule has 0 bridgehead atoms. The predicted octanol–water partition coefficient (Wildman–Crippen LogP) is 1.25. The summed E-state index contributed by atoms with van der Waals surface area (Å²) in [6, 6.07) is -2.68. The van der Waals surface area contributed by atoms with Crippen LogP contribution in [0.2, 0.25) is 0 Å². The van der Waals surface area contributed by atoms with Crippen LogP contribution in [-0.4, -0.2) is 53.2 Å². The molecule has 0 aromatic carbocycles. The van der Waals surface area contributed by atoms with Crippen LogP contribution in [0.15, 0.2) is 0 Å². The molecule has 0 saturated heterocycles. The summed E-state index contributed by atoms with van der Waals surface area (Å²) >= 11 is 0. The highest BCUT2D eigenvalue weighted by atomic mass is 16.6. The van der Waals surface area contributed by atoms with Crippen LogP contribution in [0.25, 0.3) is 0 Å². The number of ether oxygens (including phenoxy) is 2. The highest BCUT2D eigenvalue weighted by Crippen LogP contribution is 2.08. The van der Waals surface area contributed by atoms with E-state index in [1.54, 1.807) is 41.5 Å². The molecule has 0 spiro atoms. The Kier molecular flexibility index (Phi) is 8.75. The third-order valence-corrected chi connectivity index (χ3v) is 3.00. The number of carbonyl (C=O) groups is 4. The van der Waals surface area contributed by atoms with Crippen molar-refractivity contribution in [3.05, 3.63) is 0 Å². The van der Waals surface area contributed by atoms with Crippen molar-refractivity contribution in [1.29, 1.82) is 0 Å². The lowest BCUT2D eigenvalue weighted by Gasteiger charge is -2.24. The number of rotatable bonds is 6. The van der Waals surface area contributed by atoms with Crippen molar-refractivity contribution in [1.82, 2.24) is 16.0 Å². The second kappa shape index (κ2) is 9.57. The Bertz CT molecular complexity index is 562. The summed E-state index contributed by atoms with van der Waals surface area (Å²) in [6.45, 7) is 14.7. The second-order valence-electron chi connectivity index (χ2n) is 8.36. The molecule has 3 amide bonds. The largest absolute Gasteiger partial charge is 0.458 e. The lowest BCUT2D eigenvalue weighted by atomic mass is 10.2. The van der Waals surface area contributed by atoms with E-state index < -0.39 is 53.2 Å². The molecule has 0 radical (unpaired) electrons. The second-order valence-corrected chi connectivity index (χ2v) is 8.36. The molecule has 0 aliphatic heterocycles. The fourth-order valence-electron chi connectivity index (χ4n) is 1.74. The summed E-state index contributed by atoms with van der Waals surface area (Å²) in [7, 11) is 0. The van der Waals surface area contributed by atoms with Gasteiger partial charge in [-0.15, -0.1) is 0 Å². The topological polar surface area (TPSA) is 123 Å². The zero-order valence-corrected chi connectivity index (χ0v) is 17.7. The SMILES string of the molecule is C[C@H](NC(=O)OC(C)(C)C)C(=O)N[C@@H](C)C(=O)N[C@@H](C)C(=O)OC(C)(C)C. The van der Waals surface area contributed by atoms with E-state index in [9.17, 15) is 19.2 Å². The molecule has 27 heavy (non-hydrogen) atoms. The minimum absolute atomic E-state index is 0.550. The van der Waals surface area contributed by atoms with Gasteiger partial charge in [-0.25, -0.2) is 9.59 Å². The van der Waals surface area contributed by atoms with E-state index in [2.05, 4.69) is 16.0 Å². The molecule has 0 unspecified atom stereocenters. The number of nitrogens with one attached hydrogen (secondary N) is 3. The number of hydrogen-bond acceptors (Lipinski definition) is 6. The molecular formula is C18H33N3O6. The molecule has 0 aliphatic rings. The summed E-state index contributed by atoms with van der Waals surface area (Å²) in [5.41, 5.74) is -1.36. The zero-order chi connectivity index (χ0) is 21.6. The molecule has 3 atom stereocenters. The van der Waals surface area contributed by atoms with Gasteiger partial charge in [-0.3, -0.25) is 9.59 Å². The van der Waals surface area contributed by atoms with Crippen molar-refractivity contribution in [3.63, 3.8) is 0 Å². The number of alkyl carbamates (subject to hydrolysis) is 1. The van der Waals surface area contributed by atoms with Gasteiger partial charge in [0.2, 0.25) is 11.8 Å². The van der Waals surface area contributed by atoms with E-state index in [0.29, 0.717) is 0 Å². The standard InChI is InChI=1S/C18H33N3O6/c1-10(13(22)20-12(3)15(24)26-17(4,5)6)19-14(23)11(2)21-16(25)27-18(7,8)9/h10-12H,1-9H3,(H,19,23)(H,20,22)(H,21,25)/t10-,11-,12-/m0/s1. The third kappa shape index (κ3) is 11.1. The van der Waals surface area contributed by atoms with Gasteiger partial charge in [-0.1, -0.05) is 0 Å². The van der Waals surface area contributed by atoms with Crippen LogP contribution in [0, 0.1) is 0 Å².